The number of methoxy groups -OCH3 is 1. The van der Waals surface area contributed by atoms with Crippen molar-refractivity contribution in [3.63, 3.8) is 0 Å². The molecule has 0 unspecified atom stereocenters. The molecule has 0 spiro atoms. The zero-order valence-electron chi connectivity index (χ0n) is 13.6. The third-order valence-corrected chi connectivity index (χ3v) is 4.77. The minimum absolute atomic E-state index is 0.120. The van der Waals surface area contributed by atoms with Gasteiger partial charge in [-0.25, -0.2) is 4.39 Å². The van der Waals surface area contributed by atoms with E-state index in [4.69, 9.17) is 27.9 Å². The number of hydrogen-bond donors (Lipinski definition) is 0. The summed E-state index contributed by atoms with van der Waals surface area (Å²) in [5, 5.41) is 0.617. The van der Waals surface area contributed by atoms with Crippen molar-refractivity contribution in [3.8, 4) is 5.75 Å². The van der Waals surface area contributed by atoms with Gasteiger partial charge in [-0.05, 0) is 36.4 Å². The van der Waals surface area contributed by atoms with Crippen molar-refractivity contribution < 1.29 is 13.9 Å². The maximum absolute atomic E-state index is 13.0. The molecule has 2 aromatic carbocycles. The predicted molar refractivity (Wildman–Crippen MR) is 97.5 cm³/mol. The van der Waals surface area contributed by atoms with E-state index in [1.165, 1.54) is 19.2 Å². The average molecular weight is 383 g/mol. The van der Waals surface area contributed by atoms with Crippen LogP contribution in [-0.2, 0) is 0 Å². The third-order valence-electron chi connectivity index (χ3n) is 4.21. The molecule has 1 aliphatic rings. The molecule has 0 bridgehead atoms. The Morgan fingerprint density at radius 1 is 1.04 bits per heavy atom. The second-order valence-electron chi connectivity index (χ2n) is 5.73. The van der Waals surface area contributed by atoms with E-state index in [0.29, 0.717) is 47.5 Å². The summed E-state index contributed by atoms with van der Waals surface area (Å²) in [6.45, 7) is 2.49. The number of halogens is 3. The topological polar surface area (TPSA) is 32.8 Å². The summed E-state index contributed by atoms with van der Waals surface area (Å²) < 4.78 is 18.1. The van der Waals surface area contributed by atoms with E-state index < -0.39 is 0 Å². The number of carbonyl (C=O) groups excluding carboxylic acids is 1. The van der Waals surface area contributed by atoms with Crippen LogP contribution in [0.4, 0.5) is 10.1 Å². The van der Waals surface area contributed by atoms with E-state index in [0.717, 1.165) is 5.69 Å². The van der Waals surface area contributed by atoms with Crippen LogP contribution in [-0.4, -0.2) is 44.1 Å². The fourth-order valence-corrected chi connectivity index (χ4v) is 3.52. The minimum atomic E-state index is -0.258. The molecule has 0 saturated carbocycles. The molecule has 1 amide bonds. The van der Waals surface area contributed by atoms with Crippen LogP contribution >= 0.6 is 23.2 Å². The standard InChI is InChI=1S/C18H17Cl2FN2O2/c1-25-17-15(19)10-12(11-16(17)20)18(24)23-8-6-22(7-9-23)14-4-2-13(21)3-5-14/h2-5,10-11H,6-9H2,1H3. The first-order valence-corrected chi connectivity index (χ1v) is 8.58. The minimum Gasteiger partial charge on any atom is -0.494 e. The predicted octanol–water partition coefficient (Wildman–Crippen LogP) is 4.10. The van der Waals surface area contributed by atoms with Crippen LogP contribution in [0.1, 0.15) is 10.4 Å². The Bertz CT molecular complexity index is 752. The second kappa shape index (κ2) is 7.50. The smallest absolute Gasteiger partial charge is 0.254 e. The van der Waals surface area contributed by atoms with Crippen LogP contribution in [0, 0.1) is 5.82 Å². The Labute approximate surface area is 155 Å². The van der Waals surface area contributed by atoms with Gasteiger partial charge >= 0.3 is 0 Å². The fraction of sp³-hybridized carbons (Fsp3) is 0.278. The summed E-state index contributed by atoms with van der Waals surface area (Å²) in [7, 11) is 1.48. The number of ether oxygens (including phenoxy) is 1. The summed E-state index contributed by atoms with van der Waals surface area (Å²) in [5.41, 5.74) is 1.38. The lowest BCUT2D eigenvalue weighted by molar-refractivity contribution is 0.0747. The SMILES string of the molecule is COc1c(Cl)cc(C(=O)N2CCN(c3ccc(F)cc3)CC2)cc1Cl. The number of rotatable bonds is 3. The normalized spacial score (nSPS) is 14.6. The van der Waals surface area contributed by atoms with Crippen molar-refractivity contribution in [2.24, 2.45) is 0 Å². The van der Waals surface area contributed by atoms with Gasteiger partial charge in [0.25, 0.3) is 5.91 Å². The van der Waals surface area contributed by atoms with Gasteiger partial charge in [0.05, 0.1) is 17.2 Å². The van der Waals surface area contributed by atoms with Crippen LogP contribution < -0.4 is 9.64 Å². The zero-order chi connectivity index (χ0) is 18.0. The third kappa shape index (κ3) is 3.83. The molecule has 2 aromatic rings. The number of hydrogen-bond acceptors (Lipinski definition) is 3. The van der Waals surface area contributed by atoms with Gasteiger partial charge in [0.15, 0.2) is 5.75 Å². The lowest BCUT2D eigenvalue weighted by Gasteiger charge is -2.36. The Morgan fingerprint density at radius 3 is 2.12 bits per heavy atom. The molecule has 3 rings (SSSR count). The Kier molecular flexibility index (Phi) is 5.35. The van der Waals surface area contributed by atoms with E-state index in [1.54, 1.807) is 29.2 Å². The van der Waals surface area contributed by atoms with Gasteiger partial charge in [-0.15, -0.1) is 0 Å². The first-order valence-electron chi connectivity index (χ1n) is 7.82. The lowest BCUT2D eigenvalue weighted by Crippen LogP contribution is -2.48. The molecule has 1 fully saturated rings. The Hall–Kier alpha value is -1.98. The molecule has 1 saturated heterocycles. The van der Waals surface area contributed by atoms with Crippen LogP contribution in [0.2, 0.25) is 10.0 Å². The molecule has 0 aromatic heterocycles. The number of piperazine rings is 1. The quantitative estimate of drug-likeness (QED) is 0.800. The van der Waals surface area contributed by atoms with Gasteiger partial charge < -0.3 is 14.5 Å². The summed E-state index contributed by atoms with van der Waals surface area (Å²) in [6.07, 6.45) is 0. The van der Waals surface area contributed by atoms with Crippen molar-refractivity contribution in [2.45, 2.75) is 0 Å². The van der Waals surface area contributed by atoms with Gasteiger partial charge in [0.2, 0.25) is 0 Å². The molecule has 0 N–H and O–H groups in total. The largest absolute Gasteiger partial charge is 0.494 e. The van der Waals surface area contributed by atoms with Crippen LogP contribution in [0.5, 0.6) is 5.75 Å². The number of anilines is 1. The van der Waals surface area contributed by atoms with Crippen molar-refractivity contribution in [3.05, 3.63) is 57.8 Å². The number of amides is 1. The molecule has 132 valence electrons. The van der Waals surface area contributed by atoms with Crippen LogP contribution in [0.3, 0.4) is 0 Å². The maximum atomic E-state index is 13.0. The van der Waals surface area contributed by atoms with Gasteiger partial charge in [-0.1, -0.05) is 23.2 Å². The highest BCUT2D eigenvalue weighted by Crippen LogP contribution is 2.34. The van der Waals surface area contributed by atoms with E-state index in [2.05, 4.69) is 4.90 Å². The summed E-state index contributed by atoms with van der Waals surface area (Å²) in [6, 6.07) is 9.51. The Morgan fingerprint density at radius 2 is 1.60 bits per heavy atom. The summed E-state index contributed by atoms with van der Waals surface area (Å²) in [4.78, 5) is 16.6. The van der Waals surface area contributed by atoms with Gasteiger partial charge in [-0.2, -0.15) is 0 Å². The number of benzene rings is 2. The van der Waals surface area contributed by atoms with Crippen molar-refractivity contribution >= 4 is 34.8 Å². The molecule has 7 heteroatoms. The van der Waals surface area contributed by atoms with Crippen molar-refractivity contribution in [2.75, 3.05) is 38.2 Å². The van der Waals surface area contributed by atoms with Crippen molar-refractivity contribution in [1.29, 1.82) is 0 Å². The molecule has 0 aliphatic carbocycles. The lowest BCUT2D eigenvalue weighted by atomic mass is 10.1. The molecule has 25 heavy (non-hydrogen) atoms. The fourth-order valence-electron chi connectivity index (χ4n) is 2.88. The number of nitrogens with zero attached hydrogens (tertiary/aromatic N) is 2. The van der Waals surface area contributed by atoms with E-state index in [9.17, 15) is 9.18 Å². The van der Waals surface area contributed by atoms with Gasteiger partial charge in [-0.3, -0.25) is 4.79 Å². The Balaban J connectivity index is 1.68. The zero-order valence-corrected chi connectivity index (χ0v) is 15.1. The molecular formula is C18H17Cl2FN2O2. The molecule has 1 heterocycles. The molecule has 0 atom stereocenters. The van der Waals surface area contributed by atoms with Gasteiger partial charge in [0.1, 0.15) is 5.82 Å². The van der Waals surface area contributed by atoms with E-state index in [1.807, 2.05) is 0 Å². The van der Waals surface area contributed by atoms with Crippen LogP contribution in [0.15, 0.2) is 36.4 Å². The average Bonchev–Trinajstić information content (AvgIpc) is 2.61. The summed E-state index contributed by atoms with van der Waals surface area (Å²) in [5.74, 6) is -0.0166. The highest BCUT2D eigenvalue weighted by molar-refractivity contribution is 6.37. The van der Waals surface area contributed by atoms with Gasteiger partial charge in [0, 0.05) is 37.4 Å². The van der Waals surface area contributed by atoms with E-state index in [-0.39, 0.29) is 11.7 Å². The highest BCUT2D eigenvalue weighted by Gasteiger charge is 2.23. The molecule has 4 nitrogen and oxygen atoms in total. The first kappa shape index (κ1) is 17.8. The monoisotopic (exact) mass is 382 g/mol. The number of carbonyl (C=O) groups is 1. The summed E-state index contributed by atoms with van der Waals surface area (Å²) >= 11 is 12.2. The molecule has 0 radical (unpaired) electrons. The molecular weight excluding hydrogens is 366 g/mol. The maximum Gasteiger partial charge on any atom is 0.254 e. The van der Waals surface area contributed by atoms with Crippen LogP contribution in [0.25, 0.3) is 0 Å². The highest BCUT2D eigenvalue weighted by atomic mass is 35.5. The first-order chi connectivity index (χ1) is 12.0. The van der Waals surface area contributed by atoms with Crippen molar-refractivity contribution in [1.82, 2.24) is 4.90 Å². The molecule has 1 aliphatic heterocycles. The van der Waals surface area contributed by atoms with E-state index >= 15 is 0 Å². The second-order valence-corrected chi connectivity index (χ2v) is 6.54.